The maximum absolute atomic E-state index is 12.1. The molecule has 2 amide bonds. The highest BCUT2D eigenvalue weighted by atomic mass is 16.2. The SMILES string of the molecule is CCCCc1ccc(N2CC(=O)N(CCC#N)C(=O)C2)cc1. The molecule has 22 heavy (non-hydrogen) atoms. The number of nitrogens with zero attached hydrogens (tertiary/aromatic N) is 3. The van der Waals surface area contributed by atoms with Crippen LogP contribution < -0.4 is 4.90 Å². The molecule has 0 aliphatic carbocycles. The van der Waals surface area contributed by atoms with Gasteiger partial charge in [0.05, 0.1) is 25.6 Å². The van der Waals surface area contributed by atoms with E-state index in [2.05, 4.69) is 19.1 Å². The van der Waals surface area contributed by atoms with Crippen LogP contribution in [0.2, 0.25) is 0 Å². The number of benzene rings is 1. The lowest BCUT2D eigenvalue weighted by molar-refractivity contribution is -0.145. The molecule has 0 bridgehead atoms. The smallest absolute Gasteiger partial charge is 0.248 e. The van der Waals surface area contributed by atoms with Crippen LogP contribution in [0.15, 0.2) is 24.3 Å². The molecule has 0 unspecified atom stereocenters. The molecule has 1 saturated heterocycles. The van der Waals surface area contributed by atoms with Gasteiger partial charge in [0.15, 0.2) is 0 Å². The fourth-order valence-electron chi connectivity index (χ4n) is 2.54. The summed E-state index contributed by atoms with van der Waals surface area (Å²) in [7, 11) is 0. The number of carbonyl (C=O) groups is 2. The summed E-state index contributed by atoms with van der Waals surface area (Å²) in [6, 6.07) is 10.0. The van der Waals surface area contributed by atoms with Gasteiger partial charge in [0.2, 0.25) is 11.8 Å². The van der Waals surface area contributed by atoms with Crippen molar-refractivity contribution in [2.75, 3.05) is 24.5 Å². The van der Waals surface area contributed by atoms with Crippen LogP contribution in [0, 0.1) is 11.3 Å². The van der Waals surface area contributed by atoms with Crippen molar-refractivity contribution >= 4 is 17.5 Å². The molecule has 0 spiro atoms. The maximum atomic E-state index is 12.1. The second-order valence-electron chi connectivity index (χ2n) is 5.47. The number of hydrogen-bond acceptors (Lipinski definition) is 4. The predicted molar refractivity (Wildman–Crippen MR) is 84.2 cm³/mol. The van der Waals surface area contributed by atoms with E-state index >= 15 is 0 Å². The molecule has 1 aromatic carbocycles. The molecule has 116 valence electrons. The number of aryl methyl sites for hydroxylation is 1. The number of amides is 2. The molecule has 0 aromatic heterocycles. The van der Waals surface area contributed by atoms with Crippen LogP contribution in [0.4, 0.5) is 5.69 Å². The molecule has 1 heterocycles. The summed E-state index contributed by atoms with van der Waals surface area (Å²) < 4.78 is 0. The topological polar surface area (TPSA) is 64.4 Å². The summed E-state index contributed by atoms with van der Waals surface area (Å²) in [4.78, 5) is 27.1. The molecule has 0 atom stereocenters. The Morgan fingerprint density at radius 3 is 2.32 bits per heavy atom. The number of nitriles is 1. The van der Waals surface area contributed by atoms with Crippen molar-refractivity contribution in [2.24, 2.45) is 0 Å². The molecule has 0 N–H and O–H groups in total. The lowest BCUT2D eigenvalue weighted by Crippen LogP contribution is -2.54. The van der Waals surface area contributed by atoms with E-state index in [1.165, 1.54) is 10.5 Å². The van der Waals surface area contributed by atoms with Crippen LogP contribution >= 0.6 is 0 Å². The van der Waals surface area contributed by atoms with E-state index in [1.54, 1.807) is 4.90 Å². The van der Waals surface area contributed by atoms with Crippen molar-refractivity contribution in [3.63, 3.8) is 0 Å². The molecule has 0 radical (unpaired) electrons. The number of piperazine rings is 1. The third kappa shape index (κ3) is 3.85. The second-order valence-corrected chi connectivity index (χ2v) is 5.47. The van der Waals surface area contributed by atoms with E-state index in [0.29, 0.717) is 0 Å². The zero-order chi connectivity index (χ0) is 15.9. The van der Waals surface area contributed by atoms with Crippen LogP contribution in [0.5, 0.6) is 0 Å². The Morgan fingerprint density at radius 2 is 1.77 bits per heavy atom. The van der Waals surface area contributed by atoms with Gasteiger partial charge in [-0.15, -0.1) is 0 Å². The first-order valence-corrected chi connectivity index (χ1v) is 7.69. The van der Waals surface area contributed by atoms with Crippen molar-refractivity contribution in [3.05, 3.63) is 29.8 Å². The summed E-state index contributed by atoms with van der Waals surface area (Å²) >= 11 is 0. The number of rotatable bonds is 6. The van der Waals surface area contributed by atoms with Gasteiger partial charge in [-0.1, -0.05) is 25.5 Å². The molecule has 2 rings (SSSR count). The average Bonchev–Trinajstić information content (AvgIpc) is 2.52. The fraction of sp³-hybridized carbons (Fsp3) is 0.471. The van der Waals surface area contributed by atoms with Crippen molar-refractivity contribution in [3.8, 4) is 6.07 Å². The summed E-state index contributed by atoms with van der Waals surface area (Å²) in [6.07, 6.45) is 3.56. The third-order valence-electron chi connectivity index (χ3n) is 3.82. The summed E-state index contributed by atoms with van der Waals surface area (Å²) in [5, 5.41) is 8.58. The molecule has 1 fully saturated rings. The van der Waals surface area contributed by atoms with Gasteiger partial charge in [-0.2, -0.15) is 5.26 Å². The van der Waals surface area contributed by atoms with Gasteiger partial charge in [-0.25, -0.2) is 0 Å². The second kappa shape index (κ2) is 7.60. The van der Waals surface area contributed by atoms with Crippen LogP contribution in [0.25, 0.3) is 0 Å². The zero-order valence-corrected chi connectivity index (χ0v) is 12.9. The number of hydrogen-bond donors (Lipinski definition) is 0. The minimum absolute atomic E-state index is 0.184. The van der Waals surface area contributed by atoms with E-state index in [4.69, 9.17) is 5.26 Å². The van der Waals surface area contributed by atoms with Gasteiger partial charge < -0.3 is 4.90 Å². The Bertz CT molecular complexity index is 557. The highest BCUT2D eigenvalue weighted by Gasteiger charge is 2.30. The molecule has 1 aromatic rings. The Kier molecular flexibility index (Phi) is 5.54. The molecule has 0 saturated carbocycles. The van der Waals surface area contributed by atoms with Gasteiger partial charge in [-0.3, -0.25) is 14.5 Å². The normalized spacial score (nSPS) is 15.1. The molecular weight excluding hydrogens is 278 g/mol. The standard InChI is InChI=1S/C17H21N3O2/c1-2-3-5-14-6-8-15(9-7-14)19-12-16(21)20(11-4-10-18)17(22)13-19/h6-9H,2-5,11-13H2,1H3. The van der Waals surface area contributed by atoms with Gasteiger partial charge >= 0.3 is 0 Å². The minimum Gasteiger partial charge on any atom is -0.353 e. The maximum Gasteiger partial charge on any atom is 0.248 e. The molecule has 5 heteroatoms. The van der Waals surface area contributed by atoms with Crippen LogP contribution in [0.1, 0.15) is 31.7 Å². The largest absolute Gasteiger partial charge is 0.353 e. The molecular formula is C17H21N3O2. The number of unbranched alkanes of at least 4 members (excludes halogenated alkanes) is 1. The van der Waals surface area contributed by atoms with E-state index in [9.17, 15) is 9.59 Å². The van der Waals surface area contributed by atoms with E-state index in [-0.39, 0.29) is 37.9 Å². The first kappa shape index (κ1) is 16.0. The van der Waals surface area contributed by atoms with E-state index < -0.39 is 0 Å². The van der Waals surface area contributed by atoms with Crippen LogP contribution in [0.3, 0.4) is 0 Å². The van der Waals surface area contributed by atoms with Crippen molar-refractivity contribution in [1.82, 2.24) is 4.90 Å². The van der Waals surface area contributed by atoms with Gasteiger partial charge in [-0.05, 0) is 30.5 Å². The number of anilines is 1. The summed E-state index contributed by atoms with van der Waals surface area (Å²) in [5.41, 5.74) is 2.16. The Balaban J connectivity index is 2.01. The first-order chi connectivity index (χ1) is 10.7. The van der Waals surface area contributed by atoms with Crippen molar-refractivity contribution in [2.45, 2.75) is 32.6 Å². The fourth-order valence-corrected chi connectivity index (χ4v) is 2.54. The Hall–Kier alpha value is -2.35. The predicted octanol–water partition coefficient (Wildman–Crippen LogP) is 2.12. The van der Waals surface area contributed by atoms with Gasteiger partial charge in [0.1, 0.15) is 0 Å². The molecule has 5 nitrogen and oxygen atoms in total. The average molecular weight is 299 g/mol. The zero-order valence-electron chi connectivity index (χ0n) is 12.9. The third-order valence-corrected chi connectivity index (χ3v) is 3.82. The number of carbonyl (C=O) groups excluding carboxylic acids is 2. The highest BCUT2D eigenvalue weighted by Crippen LogP contribution is 2.19. The summed E-state index contributed by atoms with van der Waals surface area (Å²) in [5.74, 6) is -0.469. The number of imide groups is 1. The van der Waals surface area contributed by atoms with Crippen LogP contribution in [-0.2, 0) is 16.0 Å². The molecule has 1 aliphatic heterocycles. The summed E-state index contributed by atoms with van der Waals surface area (Å²) in [6.45, 7) is 2.73. The highest BCUT2D eigenvalue weighted by molar-refractivity contribution is 6.02. The lowest BCUT2D eigenvalue weighted by atomic mass is 10.1. The van der Waals surface area contributed by atoms with Crippen LogP contribution in [-0.4, -0.2) is 36.3 Å². The van der Waals surface area contributed by atoms with Gasteiger partial charge in [0, 0.05) is 12.2 Å². The van der Waals surface area contributed by atoms with E-state index in [0.717, 1.165) is 24.9 Å². The Labute approximate surface area is 131 Å². The first-order valence-electron chi connectivity index (χ1n) is 7.69. The molecule has 1 aliphatic rings. The Morgan fingerprint density at radius 1 is 1.14 bits per heavy atom. The van der Waals surface area contributed by atoms with Crippen molar-refractivity contribution < 1.29 is 9.59 Å². The minimum atomic E-state index is -0.235. The monoisotopic (exact) mass is 299 g/mol. The van der Waals surface area contributed by atoms with Gasteiger partial charge in [0.25, 0.3) is 0 Å². The van der Waals surface area contributed by atoms with E-state index in [1.807, 2.05) is 18.2 Å². The van der Waals surface area contributed by atoms with Crippen molar-refractivity contribution in [1.29, 1.82) is 5.26 Å². The lowest BCUT2D eigenvalue weighted by Gasteiger charge is -2.33. The quantitative estimate of drug-likeness (QED) is 0.755.